The fraction of sp³-hybridized carbons (Fsp3) is 0.240. The van der Waals surface area contributed by atoms with E-state index in [0.717, 1.165) is 22.3 Å². The van der Waals surface area contributed by atoms with Crippen LogP contribution in [0.4, 0.5) is 5.69 Å². The maximum Gasteiger partial charge on any atom is 0.262 e. The van der Waals surface area contributed by atoms with Gasteiger partial charge in [0.05, 0.1) is 5.69 Å². The number of hydrogen-bond acceptors (Lipinski definition) is 4. The van der Waals surface area contributed by atoms with Crippen molar-refractivity contribution in [1.29, 1.82) is 0 Å². The van der Waals surface area contributed by atoms with Crippen molar-refractivity contribution in [1.82, 2.24) is 15.0 Å². The van der Waals surface area contributed by atoms with E-state index in [4.69, 9.17) is 4.74 Å². The topological polar surface area (TPSA) is 69.0 Å². The fourth-order valence-electron chi connectivity index (χ4n) is 3.35. The predicted molar refractivity (Wildman–Crippen MR) is 123 cm³/mol. The van der Waals surface area contributed by atoms with Crippen LogP contribution in [-0.2, 0) is 4.79 Å². The second kappa shape index (κ2) is 8.60. The molecule has 6 nitrogen and oxygen atoms in total. The lowest BCUT2D eigenvalue weighted by atomic mass is 10.0. The van der Waals surface area contributed by atoms with E-state index in [9.17, 15) is 4.79 Å². The van der Waals surface area contributed by atoms with E-state index in [-0.39, 0.29) is 12.5 Å². The molecule has 3 aromatic carbocycles. The van der Waals surface area contributed by atoms with Gasteiger partial charge in [-0.25, -0.2) is 0 Å². The Morgan fingerprint density at radius 3 is 2.39 bits per heavy atom. The Balaban J connectivity index is 1.49. The monoisotopic (exact) mass is 414 g/mol. The summed E-state index contributed by atoms with van der Waals surface area (Å²) in [6.07, 6.45) is 0. The van der Waals surface area contributed by atoms with Crippen LogP contribution in [0.1, 0.15) is 36.5 Å². The van der Waals surface area contributed by atoms with Crippen LogP contribution in [0.5, 0.6) is 5.75 Å². The average Bonchev–Trinajstić information content (AvgIpc) is 3.15. The molecule has 1 aromatic heterocycles. The number of ether oxygens (including phenoxy) is 1. The fourth-order valence-corrected chi connectivity index (χ4v) is 3.35. The van der Waals surface area contributed by atoms with Gasteiger partial charge in [-0.05, 0) is 72.9 Å². The van der Waals surface area contributed by atoms with E-state index in [1.54, 1.807) is 4.80 Å². The van der Waals surface area contributed by atoms with Gasteiger partial charge in [0.2, 0.25) is 0 Å². The molecule has 0 aliphatic heterocycles. The van der Waals surface area contributed by atoms with Gasteiger partial charge in [-0.3, -0.25) is 4.79 Å². The molecule has 0 aliphatic rings. The molecule has 0 saturated heterocycles. The van der Waals surface area contributed by atoms with Gasteiger partial charge in [-0.15, -0.1) is 10.2 Å². The number of anilines is 1. The number of benzene rings is 3. The lowest BCUT2D eigenvalue weighted by Gasteiger charge is -2.10. The van der Waals surface area contributed by atoms with Crippen LogP contribution in [0, 0.1) is 13.8 Å². The highest BCUT2D eigenvalue weighted by Gasteiger charge is 2.11. The highest BCUT2D eigenvalue weighted by atomic mass is 16.5. The predicted octanol–water partition coefficient (Wildman–Crippen LogP) is 5.18. The highest BCUT2D eigenvalue weighted by Crippen LogP contribution is 2.23. The van der Waals surface area contributed by atoms with Crippen molar-refractivity contribution in [2.45, 2.75) is 33.6 Å². The van der Waals surface area contributed by atoms with Crippen LogP contribution in [0.3, 0.4) is 0 Å². The molecule has 158 valence electrons. The maximum absolute atomic E-state index is 12.4. The summed E-state index contributed by atoms with van der Waals surface area (Å²) < 4.78 is 5.59. The number of hydrogen-bond donors (Lipinski definition) is 1. The third-order valence-electron chi connectivity index (χ3n) is 5.15. The molecule has 0 saturated carbocycles. The van der Waals surface area contributed by atoms with E-state index in [1.807, 2.05) is 62.4 Å². The number of carbonyl (C=O) groups excluding carboxylic acids is 1. The first-order valence-electron chi connectivity index (χ1n) is 10.4. The summed E-state index contributed by atoms with van der Waals surface area (Å²) in [5.74, 6) is 0.928. The van der Waals surface area contributed by atoms with E-state index in [0.29, 0.717) is 22.9 Å². The Morgan fingerprint density at radius 1 is 1.00 bits per heavy atom. The molecule has 6 heteroatoms. The number of rotatable bonds is 6. The minimum absolute atomic E-state index is 0.0597. The molecular formula is C25H26N4O2. The van der Waals surface area contributed by atoms with Crippen molar-refractivity contribution < 1.29 is 9.53 Å². The van der Waals surface area contributed by atoms with E-state index in [1.165, 1.54) is 5.56 Å². The first kappa shape index (κ1) is 20.6. The standard InChI is InChI=1S/C25H26N4O2/c1-16(2)19-8-10-20(11-9-19)29-27-23-13-18(4)22(14-24(23)28-29)26-25(30)15-31-21-7-5-6-17(3)12-21/h5-14,16H,15H2,1-4H3,(H,26,30). The van der Waals surface area contributed by atoms with Gasteiger partial charge in [0.25, 0.3) is 5.91 Å². The van der Waals surface area contributed by atoms with Crippen molar-refractivity contribution in [2.24, 2.45) is 0 Å². The van der Waals surface area contributed by atoms with Crippen molar-refractivity contribution in [3.05, 3.63) is 77.4 Å². The van der Waals surface area contributed by atoms with E-state index < -0.39 is 0 Å². The maximum atomic E-state index is 12.4. The Morgan fingerprint density at radius 2 is 1.71 bits per heavy atom. The zero-order valence-corrected chi connectivity index (χ0v) is 18.2. The van der Waals surface area contributed by atoms with Gasteiger partial charge in [0.1, 0.15) is 16.8 Å². The molecule has 31 heavy (non-hydrogen) atoms. The lowest BCUT2D eigenvalue weighted by Crippen LogP contribution is -2.20. The zero-order chi connectivity index (χ0) is 22.0. The summed E-state index contributed by atoms with van der Waals surface area (Å²) in [4.78, 5) is 14.0. The Bertz CT molecular complexity index is 1230. The quantitative estimate of drug-likeness (QED) is 0.472. The molecule has 0 radical (unpaired) electrons. The Kier molecular flexibility index (Phi) is 5.71. The van der Waals surface area contributed by atoms with Crippen LogP contribution in [0.25, 0.3) is 16.7 Å². The molecule has 0 bridgehead atoms. The summed E-state index contributed by atoms with van der Waals surface area (Å²) in [5.41, 5.74) is 6.37. The van der Waals surface area contributed by atoms with Crippen molar-refractivity contribution in [3.63, 3.8) is 0 Å². The number of fused-ring (bicyclic) bond motifs is 1. The van der Waals surface area contributed by atoms with Crippen LogP contribution >= 0.6 is 0 Å². The van der Waals surface area contributed by atoms with Crippen LogP contribution < -0.4 is 10.1 Å². The molecule has 0 fully saturated rings. The van der Waals surface area contributed by atoms with Crippen molar-refractivity contribution >= 4 is 22.6 Å². The van der Waals surface area contributed by atoms with E-state index >= 15 is 0 Å². The van der Waals surface area contributed by atoms with Crippen LogP contribution in [-0.4, -0.2) is 27.5 Å². The smallest absolute Gasteiger partial charge is 0.262 e. The molecule has 0 spiro atoms. The van der Waals surface area contributed by atoms with Gasteiger partial charge >= 0.3 is 0 Å². The van der Waals surface area contributed by atoms with Crippen molar-refractivity contribution in [2.75, 3.05) is 11.9 Å². The third kappa shape index (κ3) is 4.74. The molecular weight excluding hydrogens is 388 g/mol. The SMILES string of the molecule is Cc1cccc(OCC(=O)Nc2cc3nn(-c4ccc(C(C)C)cc4)nc3cc2C)c1. The summed E-state index contributed by atoms with van der Waals surface area (Å²) >= 11 is 0. The molecule has 0 aliphatic carbocycles. The highest BCUT2D eigenvalue weighted by molar-refractivity contribution is 5.95. The Hall–Kier alpha value is -3.67. The number of amides is 1. The second-order valence-electron chi connectivity index (χ2n) is 8.04. The summed E-state index contributed by atoms with van der Waals surface area (Å²) in [6.45, 7) is 8.19. The van der Waals surface area contributed by atoms with Gasteiger partial charge < -0.3 is 10.1 Å². The molecule has 0 atom stereocenters. The second-order valence-corrected chi connectivity index (χ2v) is 8.04. The van der Waals surface area contributed by atoms with Gasteiger partial charge in [-0.1, -0.05) is 38.1 Å². The lowest BCUT2D eigenvalue weighted by molar-refractivity contribution is -0.118. The molecule has 1 N–H and O–H groups in total. The number of nitrogens with zero attached hydrogens (tertiary/aromatic N) is 3. The van der Waals surface area contributed by atoms with Gasteiger partial charge in [-0.2, -0.15) is 4.80 Å². The Labute approximate surface area is 181 Å². The number of aryl methyl sites for hydroxylation is 2. The molecule has 1 amide bonds. The molecule has 1 heterocycles. The summed E-state index contributed by atoms with van der Waals surface area (Å²) in [7, 11) is 0. The van der Waals surface area contributed by atoms with Gasteiger partial charge in [0, 0.05) is 5.69 Å². The summed E-state index contributed by atoms with van der Waals surface area (Å²) in [6, 6.07) is 19.6. The molecule has 4 rings (SSSR count). The number of carbonyl (C=O) groups is 1. The molecule has 4 aromatic rings. The minimum atomic E-state index is -0.222. The van der Waals surface area contributed by atoms with Crippen molar-refractivity contribution in [3.8, 4) is 11.4 Å². The largest absolute Gasteiger partial charge is 0.484 e. The van der Waals surface area contributed by atoms with E-state index in [2.05, 4.69) is 41.5 Å². The van der Waals surface area contributed by atoms with Crippen LogP contribution in [0.15, 0.2) is 60.7 Å². The minimum Gasteiger partial charge on any atom is -0.484 e. The summed E-state index contributed by atoms with van der Waals surface area (Å²) in [5, 5.41) is 12.1. The third-order valence-corrected chi connectivity index (χ3v) is 5.15. The normalized spacial score (nSPS) is 11.1. The zero-order valence-electron chi connectivity index (χ0n) is 18.2. The number of nitrogens with one attached hydrogen (secondary N) is 1. The number of aromatic nitrogens is 3. The van der Waals surface area contributed by atoms with Gasteiger partial charge in [0.15, 0.2) is 6.61 Å². The first-order chi connectivity index (χ1) is 14.9. The first-order valence-corrected chi connectivity index (χ1v) is 10.4. The molecule has 0 unspecified atom stereocenters. The average molecular weight is 415 g/mol. The van der Waals surface area contributed by atoms with Crippen LogP contribution in [0.2, 0.25) is 0 Å².